The van der Waals surface area contributed by atoms with E-state index in [4.69, 9.17) is 4.74 Å². The number of hydrogen-bond acceptors (Lipinski definition) is 5. The number of aromatic nitrogens is 4. The molecule has 1 aliphatic heterocycles. The van der Waals surface area contributed by atoms with Crippen LogP contribution in [0.4, 0.5) is 0 Å². The molecule has 0 aromatic carbocycles. The van der Waals surface area contributed by atoms with Gasteiger partial charge in [0.05, 0.1) is 24.4 Å². The molecule has 2 N–H and O–H groups in total. The first-order chi connectivity index (χ1) is 12.1. The van der Waals surface area contributed by atoms with Gasteiger partial charge in [0.15, 0.2) is 0 Å². The lowest BCUT2D eigenvalue weighted by Crippen LogP contribution is -2.48. The monoisotopic (exact) mass is 344 g/mol. The highest BCUT2D eigenvalue weighted by atomic mass is 16.5. The van der Waals surface area contributed by atoms with E-state index >= 15 is 0 Å². The van der Waals surface area contributed by atoms with Crippen molar-refractivity contribution < 1.29 is 9.53 Å². The van der Waals surface area contributed by atoms with Crippen LogP contribution in [0.15, 0.2) is 18.3 Å². The van der Waals surface area contributed by atoms with Crippen LogP contribution in [0.5, 0.6) is 0 Å². The van der Waals surface area contributed by atoms with Crippen LogP contribution in [0, 0.1) is 0 Å². The number of carbonyl (C=O) groups is 1. The van der Waals surface area contributed by atoms with Gasteiger partial charge in [-0.1, -0.05) is 0 Å². The molecule has 4 rings (SSSR count). The van der Waals surface area contributed by atoms with E-state index in [0.29, 0.717) is 24.8 Å². The molecule has 0 bridgehead atoms. The zero-order valence-electron chi connectivity index (χ0n) is 14.6. The van der Waals surface area contributed by atoms with Gasteiger partial charge in [-0.05, 0) is 32.0 Å². The molecule has 1 amide bonds. The number of H-pyrrole nitrogens is 1. The summed E-state index contributed by atoms with van der Waals surface area (Å²) in [5.41, 5.74) is 2.59. The third kappa shape index (κ3) is 3.32. The van der Waals surface area contributed by atoms with Gasteiger partial charge in [-0.3, -0.25) is 19.5 Å². The maximum absolute atomic E-state index is 12.4. The highest BCUT2D eigenvalue weighted by molar-refractivity contribution is 5.92. The van der Waals surface area contributed by atoms with Crippen LogP contribution in [0.25, 0.3) is 0 Å². The average molecular weight is 344 g/mol. The molecule has 2 aromatic heterocycles. The Balaban J connectivity index is 1.42. The zero-order chi connectivity index (χ0) is 17.4. The smallest absolute Gasteiger partial charge is 0.271 e. The molecule has 8 heteroatoms. The maximum Gasteiger partial charge on any atom is 0.271 e. The third-order valence-electron chi connectivity index (χ3n) is 5.08. The van der Waals surface area contributed by atoms with E-state index in [9.17, 15) is 4.79 Å². The summed E-state index contributed by atoms with van der Waals surface area (Å²) in [4.78, 5) is 14.7. The van der Waals surface area contributed by atoms with Crippen LogP contribution in [0.1, 0.15) is 46.7 Å². The van der Waals surface area contributed by atoms with Crippen LogP contribution in [0.2, 0.25) is 0 Å². The molecule has 2 fully saturated rings. The summed E-state index contributed by atoms with van der Waals surface area (Å²) in [6, 6.07) is 3.92. The van der Waals surface area contributed by atoms with Crippen LogP contribution in [0.3, 0.4) is 0 Å². The second kappa shape index (κ2) is 6.61. The predicted molar refractivity (Wildman–Crippen MR) is 91.2 cm³/mol. The number of nitrogens with one attached hydrogen (secondary N) is 2. The molecule has 0 radical (unpaired) electrons. The van der Waals surface area contributed by atoms with Crippen molar-refractivity contribution in [2.45, 2.75) is 30.9 Å². The first kappa shape index (κ1) is 16.3. The van der Waals surface area contributed by atoms with Crippen molar-refractivity contribution in [3.63, 3.8) is 0 Å². The molecule has 0 spiro atoms. The topological polar surface area (TPSA) is 88.1 Å². The zero-order valence-corrected chi connectivity index (χ0v) is 14.6. The van der Waals surface area contributed by atoms with Crippen LogP contribution in [-0.4, -0.2) is 63.6 Å². The summed E-state index contributed by atoms with van der Waals surface area (Å²) in [5.74, 6) is 0.391. The van der Waals surface area contributed by atoms with Crippen molar-refractivity contribution in [3.05, 3.63) is 35.4 Å². The van der Waals surface area contributed by atoms with E-state index in [1.807, 2.05) is 23.9 Å². The number of carbonyl (C=O) groups excluding carboxylic acids is 1. The summed E-state index contributed by atoms with van der Waals surface area (Å²) < 4.78 is 7.82. The second-order valence-corrected chi connectivity index (χ2v) is 6.91. The number of nitrogens with zero attached hydrogens (tertiary/aromatic N) is 4. The number of rotatable bonds is 5. The Hall–Kier alpha value is -2.19. The Bertz CT molecular complexity index is 750. The Morgan fingerprint density at radius 1 is 1.44 bits per heavy atom. The highest BCUT2D eigenvalue weighted by Crippen LogP contribution is 2.39. The van der Waals surface area contributed by atoms with Crippen LogP contribution < -0.4 is 5.32 Å². The van der Waals surface area contributed by atoms with Crippen molar-refractivity contribution in [2.75, 3.05) is 26.7 Å². The van der Waals surface area contributed by atoms with Crippen molar-refractivity contribution >= 4 is 5.91 Å². The minimum absolute atomic E-state index is 0.0581. The lowest BCUT2D eigenvalue weighted by atomic mass is 10.0. The summed E-state index contributed by atoms with van der Waals surface area (Å²) >= 11 is 0. The normalized spacial score (nSPS) is 24.4. The predicted octanol–water partition coefficient (Wildman–Crippen LogP) is 0.822. The summed E-state index contributed by atoms with van der Waals surface area (Å²) in [5, 5.41) is 14.3. The van der Waals surface area contributed by atoms with Crippen molar-refractivity contribution in [1.29, 1.82) is 0 Å². The third-order valence-corrected chi connectivity index (χ3v) is 5.08. The first-order valence-corrected chi connectivity index (χ1v) is 8.76. The standard InChI is InChI=1S/C17H24N6O2/c1-22-7-8-25-15(16(22)14-5-6-19-23(14)2)10-18-17(24)13-9-12(20-21-13)11-3-4-11/h5-6,9,11,15-16H,3-4,7-8,10H2,1-2H3,(H,18,24)(H,20,21)/t15-,16-/m0/s1. The van der Waals surface area contributed by atoms with Gasteiger partial charge in [0, 0.05) is 37.9 Å². The molecule has 2 aromatic rings. The average Bonchev–Trinajstić information content (AvgIpc) is 3.18. The SMILES string of the molecule is CN1CCO[C@@H](CNC(=O)c2cc(C3CC3)[nH]n2)[C@@H]1c1ccnn1C. The van der Waals surface area contributed by atoms with Gasteiger partial charge >= 0.3 is 0 Å². The van der Waals surface area contributed by atoms with Gasteiger partial charge < -0.3 is 10.1 Å². The molecule has 0 unspecified atom stereocenters. The number of aromatic amines is 1. The molecule has 1 saturated carbocycles. The fourth-order valence-electron chi connectivity index (χ4n) is 3.46. The maximum atomic E-state index is 12.4. The van der Waals surface area contributed by atoms with E-state index in [0.717, 1.165) is 17.9 Å². The quantitative estimate of drug-likeness (QED) is 0.838. The molecular weight excluding hydrogens is 320 g/mol. The molecule has 3 heterocycles. The number of ether oxygens (including phenoxy) is 1. The van der Waals surface area contributed by atoms with Crippen molar-refractivity contribution in [2.24, 2.45) is 7.05 Å². The van der Waals surface area contributed by atoms with Gasteiger partial charge in [0.1, 0.15) is 5.69 Å². The van der Waals surface area contributed by atoms with Crippen LogP contribution in [-0.2, 0) is 11.8 Å². The van der Waals surface area contributed by atoms with Gasteiger partial charge in [-0.15, -0.1) is 0 Å². The van der Waals surface area contributed by atoms with E-state index in [1.165, 1.54) is 12.8 Å². The van der Waals surface area contributed by atoms with Gasteiger partial charge in [0.2, 0.25) is 0 Å². The lowest BCUT2D eigenvalue weighted by Gasteiger charge is -2.39. The number of aryl methyl sites for hydroxylation is 1. The second-order valence-electron chi connectivity index (χ2n) is 6.91. The van der Waals surface area contributed by atoms with E-state index in [1.54, 1.807) is 6.20 Å². The molecular formula is C17H24N6O2. The summed E-state index contributed by atoms with van der Waals surface area (Å²) in [6.07, 6.45) is 4.02. The lowest BCUT2D eigenvalue weighted by molar-refractivity contribution is -0.0629. The number of amides is 1. The van der Waals surface area contributed by atoms with Crippen LogP contribution >= 0.6 is 0 Å². The Labute approximate surface area is 146 Å². The fourth-order valence-corrected chi connectivity index (χ4v) is 3.46. The van der Waals surface area contributed by atoms with E-state index in [-0.39, 0.29) is 18.1 Å². The minimum Gasteiger partial charge on any atom is -0.373 e. The largest absolute Gasteiger partial charge is 0.373 e. The van der Waals surface area contributed by atoms with Crippen molar-refractivity contribution in [1.82, 2.24) is 30.2 Å². The van der Waals surface area contributed by atoms with E-state index < -0.39 is 0 Å². The highest BCUT2D eigenvalue weighted by Gasteiger charge is 2.34. The molecule has 134 valence electrons. The molecule has 2 aliphatic rings. The molecule has 8 nitrogen and oxygen atoms in total. The number of likely N-dealkylation sites (N-methyl/N-ethyl adjacent to an activating group) is 1. The molecule has 25 heavy (non-hydrogen) atoms. The Morgan fingerprint density at radius 3 is 3.00 bits per heavy atom. The minimum atomic E-state index is -0.163. The van der Waals surface area contributed by atoms with E-state index in [2.05, 4.69) is 32.6 Å². The van der Waals surface area contributed by atoms with Gasteiger partial charge in [-0.2, -0.15) is 10.2 Å². The first-order valence-electron chi connectivity index (χ1n) is 8.76. The van der Waals surface area contributed by atoms with Gasteiger partial charge in [-0.25, -0.2) is 0 Å². The molecule has 1 aliphatic carbocycles. The number of hydrogen-bond donors (Lipinski definition) is 2. The molecule has 1 saturated heterocycles. The fraction of sp³-hybridized carbons (Fsp3) is 0.588. The summed E-state index contributed by atoms with van der Waals surface area (Å²) in [7, 11) is 4.00. The molecule has 2 atom stereocenters. The Kier molecular flexibility index (Phi) is 4.30. The Morgan fingerprint density at radius 2 is 2.28 bits per heavy atom. The number of morpholine rings is 1. The van der Waals surface area contributed by atoms with Gasteiger partial charge in [0.25, 0.3) is 5.91 Å². The van der Waals surface area contributed by atoms with Crippen molar-refractivity contribution in [3.8, 4) is 0 Å². The summed E-state index contributed by atoms with van der Waals surface area (Å²) in [6.45, 7) is 1.94.